The van der Waals surface area contributed by atoms with Crippen LogP contribution in [0.1, 0.15) is 36.7 Å². The Hall–Kier alpha value is -1.61. The Labute approximate surface area is 102 Å². The second-order valence-corrected chi connectivity index (χ2v) is 4.01. The molecule has 0 N–H and O–H groups in total. The molecule has 1 aromatic carbocycles. The predicted octanol–water partition coefficient (Wildman–Crippen LogP) is 3.26. The first-order valence-corrected chi connectivity index (χ1v) is 5.59. The summed E-state index contributed by atoms with van der Waals surface area (Å²) in [7, 11) is 0. The van der Waals surface area contributed by atoms with E-state index in [2.05, 4.69) is 6.58 Å². The van der Waals surface area contributed by atoms with E-state index >= 15 is 0 Å². The number of esters is 1. The van der Waals surface area contributed by atoms with Gasteiger partial charge in [-0.25, -0.2) is 4.79 Å². The summed E-state index contributed by atoms with van der Waals surface area (Å²) >= 11 is 0. The van der Waals surface area contributed by atoms with Crippen LogP contribution in [-0.4, -0.2) is 18.4 Å². The van der Waals surface area contributed by atoms with Crippen LogP contribution < -0.4 is 0 Å². The predicted molar refractivity (Wildman–Crippen MR) is 67.7 cm³/mol. The average molecular weight is 234 g/mol. The van der Waals surface area contributed by atoms with E-state index < -0.39 is 11.8 Å². The monoisotopic (exact) mass is 234 g/mol. The van der Waals surface area contributed by atoms with E-state index in [0.717, 1.165) is 5.56 Å². The van der Waals surface area contributed by atoms with Crippen LogP contribution in [0.4, 0.5) is 0 Å². The lowest BCUT2D eigenvalue weighted by atomic mass is 10.1. The van der Waals surface area contributed by atoms with Gasteiger partial charge in [0, 0.05) is 20.5 Å². The van der Waals surface area contributed by atoms with Crippen molar-refractivity contribution in [3.05, 3.63) is 42.0 Å². The molecule has 0 aromatic heterocycles. The molecule has 0 bridgehead atoms. The first-order valence-electron chi connectivity index (χ1n) is 5.59. The number of hydrogen-bond acceptors (Lipinski definition) is 3. The fraction of sp³-hybridized carbons (Fsp3) is 0.357. The van der Waals surface area contributed by atoms with E-state index in [1.807, 2.05) is 19.1 Å². The maximum atomic E-state index is 12.0. The number of benzene rings is 1. The highest BCUT2D eigenvalue weighted by Crippen LogP contribution is 2.17. The van der Waals surface area contributed by atoms with Gasteiger partial charge in [0.1, 0.15) is 0 Å². The van der Waals surface area contributed by atoms with Crippen LogP contribution in [0, 0.1) is 0 Å². The van der Waals surface area contributed by atoms with E-state index in [4.69, 9.17) is 9.47 Å². The van der Waals surface area contributed by atoms with Crippen LogP contribution in [0.5, 0.6) is 0 Å². The second-order valence-electron chi connectivity index (χ2n) is 4.01. The van der Waals surface area contributed by atoms with Crippen molar-refractivity contribution in [2.75, 3.05) is 6.61 Å². The molecule has 0 aliphatic heterocycles. The fourth-order valence-electron chi connectivity index (χ4n) is 1.52. The lowest BCUT2D eigenvalue weighted by molar-refractivity contribution is -0.175. The highest BCUT2D eigenvalue weighted by atomic mass is 16.7. The maximum Gasteiger partial charge on any atom is 0.341 e. The zero-order chi connectivity index (χ0) is 12.9. The molecule has 0 spiro atoms. The summed E-state index contributed by atoms with van der Waals surface area (Å²) < 4.78 is 10.6. The van der Waals surface area contributed by atoms with Crippen LogP contribution in [-0.2, 0) is 9.47 Å². The van der Waals surface area contributed by atoms with Gasteiger partial charge in [0.15, 0.2) is 0 Å². The largest absolute Gasteiger partial charge is 0.430 e. The van der Waals surface area contributed by atoms with E-state index in [-0.39, 0.29) is 0 Å². The molecule has 0 heterocycles. The van der Waals surface area contributed by atoms with Crippen LogP contribution in [0.3, 0.4) is 0 Å². The summed E-state index contributed by atoms with van der Waals surface area (Å²) in [5.41, 5.74) is 1.25. The number of hydrogen-bond donors (Lipinski definition) is 0. The van der Waals surface area contributed by atoms with Crippen LogP contribution in [0.25, 0.3) is 6.08 Å². The lowest BCUT2D eigenvalue weighted by Gasteiger charge is -2.24. The van der Waals surface area contributed by atoms with Gasteiger partial charge in [0.25, 0.3) is 0 Å². The van der Waals surface area contributed by atoms with Gasteiger partial charge in [-0.3, -0.25) is 0 Å². The van der Waals surface area contributed by atoms with Gasteiger partial charge in [0.2, 0.25) is 5.79 Å². The number of rotatable bonds is 5. The zero-order valence-corrected chi connectivity index (χ0v) is 10.5. The zero-order valence-electron chi connectivity index (χ0n) is 10.5. The highest BCUT2D eigenvalue weighted by Gasteiger charge is 2.24. The fourth-order valence-corrected chi connectivity index (χ4v) is 1.52. The topological polar surface area (TPSA) is 35.5 Å². The molecule has 1 rings (SSSR count). The summed E-state index contributed by atoms with van der Waals surface area (Å²) in [6, 6.07) is 7.16. The lowest BCUT2D eigenvalue weighted by Crippen LogP contribution is -2.31. The molecule has 0 aliphatic carbocycles. The first kappa shape index (κ1) is 13.5. The van der Waals surface area contributed by atoms with Crippen molar-refractivity contribution in [2.45, 2.75) is 26.6 Å². The van der Waals surface area contributed by atoms with E-state index in [1.54, 1.807) is 32.1 Å². The maximum absolute atomic E-state index is 12.0. The third-order valence-electron chi connectivity index (χ3n) is 2.23. The molecule has 0 amide bonds. The van der Waals surface area contributed by atoms with Gasteiger partial charge in [-0.2, -0.15) is 0 Å². The van der Waals surface area contributed by atoms with Crippen LogP contribution >= 0.6 is 0 Å². The third kappa shape index (κ3) is 3.71. The van der Waals surface area contributed by atoms with Crippen molar-refractivity contribution in [1.29, 1.82) is 0 Å². The van der Waals surface area contributed by atoms with E-state index in [9.17, 15) is 4.79 Å². The molecule has 1 aromatic rings. The molecule has 0 fully saturated rings. The van der Waals surface area contributed by atoms with Crippen molar-refractivity contribution < 1.29 is 14.3 Å². The van der Waals surface area contributed by atoms with Crippen molar-refractivity contribution >= 4 is 12.0 Å². The molecular formula is C14H18O3. The molecule has 0 saturated heterocycles. The standard InChI is InChI=1S/C14H18O3/c1-5-11-9-7-8-10-12(11)13(15)17-14(3,4)16-6-2/h5,7-10H,1,6H2,2-4H3. The Morgan fingerprint density at radius 3 is 2.65 bits per heavy atom. The Balaban J connectivity index is 2.86. The van der Waals surface area contributed by atoms with Crippen molar-refractivity contribution in [2.24, 2.45) is 0 Å². The molecule has 3 nitrogen and oxygen atoms in total. The van der Waals surface area contributed by atoms with Crippen molar-refractivity contribution in [1.82, 2.24) is 0 Å². The quantitative estimate of drug-likeness (QED) is 0.579. The highest BCUT2D eigenvalue weighted by molar-refractivity contribution is 5.93. The Morgan fingerprint density at radius 1 is 1.41 bits per heavy atom. The van der Waals surface area contributed by atoms with Gasteiger partial charge in [-0.05, 0) is 18.6 Å². The minimum Gasteiger partial charge on any atom is -0.430 e. The summed E-state index contributed by atoms with van der Waals surface area (Å²) in [5, 5.41) is 0. The Kier molecular flexibility index (Phi) is 4.46. The Bertz CT molecular complexity index is 408. The van der Waals surface area contributed by atoms with Crippen molar-refractivity contribution in [3.63, 3.8) is 0 Å². The van der Waals surface area contributed by atoms with Crippen LogP contribution in [0.15, 0.2) is 30.8 Å². The summed E-state index contributed by atoms with van der Waals surface area (Å²) in [6.45, 7) is 9.44. The molecule has 0 radical (unpaired) electrons. The molecule has 0 aliphatic rings. The van der Waals surface area contributed by atoms with E-state index in [0.29, 0.717) is 12.2 Å². The summed E-state index contributed by atoms with van der Waals surface area (Å²) in [4.78, 5) is 12.0. The molecule has 0 saturated carbocycles. The molecule has 0 unspecified atom stereocenters. The second kappa shape index (κ2) is 5.64. The number of ether oxygens (including phenoxy) is 2. The normalized spacial score (nSPS) is 11.0. The summed E-state index contributed by atoms with van der Waals surface area (Å²) in [6.07, 6.45) is 1.63. The van der Waals surface area contributed by atoms with Crippen molar-refractivity contribution in [3.8, 4) is 0 Å². The first-order chi connectivity index (χ1) is 8.00. The van der Waals surface area contributed by atoms with E-state index in [1.165, 1.54) is 0 Å². The van der Waals surface area contributed by atoms with Crippen LogP contribution in [0.2, 0.25) is 0 Å². The van der Waals surface area contributed by atoms with Gasteiger partial charge in [-0.15, -0.1) is 0 Å². The van der Waals surface area contributed by atoms with Gasteiger partial charge in [-0.1, -0.05) is 30.9 Å². The van der Waals surface area contributed by atoms with Gasteiger partial charge >= 0.3 is 5.97 Å². The molecule has 17 heavy (non-hydrogen) atoms. The average Bonchev–Trinajstić information content (AvgIpc) is 2.28. The molecule has 3 heteroatoms. The Morgan fingerprint density at radius 2 is 2.06 bits per heavy atom. The van der Waals surface area contributed by atoms with Gasteiger partial charge < -0.3 is 9.47 Å². The third-order valence-corrected chi connectivity index (χ3v) is 2.23. The molecular weight excluding hydrogens is 216 g/mol. The smallest absolute Gasteiger partial charge is 0.341 e. The SMILES string of the molecule is C=Cc1ccccc1C(=O)OC(C)(C)OCC. The molecule has 0 atom stereocenters. The van der Waals surface area contributed by atoms with Gasteiger partial charge in [0.05, 0.1) is 5.56 Å². The molecule has 92 valence electrons. The minimum absolute atomic E-state index is 0.404. The number of carbonyl (C=O) groups is 1. The summed E-state index contributed by atoms with van der Waals surface area (Å²) in [5.74, 6) is -1.32. The number of carbonyl (C=O) groups excluding carboxylic acids is 1. The minimum atomic E-state index is -0.917.